The van der Waals surface area contributed by atoms with Crippen LogP contribution in [0.1, 0.15) is 76.7 Å². The average Bonchev–Trinajstić information content (AvgIpc) is 3.39. The number of hydrogen-bond acceptors (Lipinski definition) is 5. The molecule has 1 amide bonds. The fourth-order valence-electron chi connectivity index (χ4n) is 5.01. The van der Waals surface area contributed by atoms with Gasteiger partial charge in [0.2, 0.25) is 5.91 Å². The fourth-order valence-corrected chi connectivity index (χ4v) is 5.01. The van der Waals surface area contributed by atoms with E-state index in [0.717, 1.165) is 64.3 Å². The quantitative estimate of drug-likeness (QED) is 0.343. The number of esters is 1. The van der Waals surface area contributed by atoms with Crippen molar-refractivity contribution in [3.63, 3.8) is 0 Å². The molecule has 33 heavy (non-hydrogen) atoms. The SMILES string of the molecule is CCC(=O)OCCN1CCN(CCCCN(C(=O)CC)c2ccc(C3CCCC3)cc2)CC1. The Bertz CT molecular complexity index is 723. The number of unbranched alkanes of at least 4 members (excludes halogenated alkanes) is 1. The molecule has 0 radical (unpaired) electrons. The molecule has 2 aliphatic rings. The summed E-state index contributed by atoms with van der Waals surface area (Å²) in [5, 5.41) is 0. The standard InChI is InChI=1S/C27H43N3O3/c1-3-26(31)30(25-13-11-24(12-14-25)23-9-5-6-10-23)16-8-7-15-28-17-19-29(20-18-28)21-22-33-27(32)4-2/h11-14,23H,3-10,15-22H2,1-2H3. The van der Waals surface area contributed by atoms with Gasteiger partial charge >= 0.3 is 5.97 Å². The zero-order valence-corrected chi connectivity index (χ0v) is 20.8. The minimum atomic E-state index is -0.117. The van der Waals surface area contributed by atoms with Gasteiger partial charge in [0.15, 0.2) is 0 Å². The van der Waals surface area contributed by atoms with E-state index >= 15 is 0 Å². The van der Waals surface area contributed by atoms with Crippen molar-refractivity contribution in [2.45, 2.75) is 71.1 Å². The topological polar surface area (TPSA) is 53.1 Å². The number of carbonyl (C=O) groups is 2. The molecule has 6 heteroatoms. The first kappa shape index (κ1) is 25.7. The van der Waals surface area contributed by atoms with Crippen LogP contribution in [-0.4, -0.2) is 74.1 Å². The number of rotatable bonds is 12. The maximum atomic E-state index is 12.6. The van der Waals surface area contributed by atoms with E-state index in [0.29, 0.717) is 25.4 Å². The maximum Gasteiger partial charge on any atom is 0.305 e. The second-order valence-electron chi connectivity index (χ2n) is 9.44. The van der Waals surface area contributed by atoms with E-state index in [1.165, 1.54) is 31.2 Å². The third kappa shape index (κ3) is 8.11. The Balaban J connectivity index is 1.37. The molecule has 0 bridgehead atoms. The van der Waals surface area contributed by atoms with Gasteiger partial charge in [-0.1, -0.05) is 38.8 Å². The van der Waals surface area contributed by atoms with Gasteiger partial charge < -0.3 is 14.5 Å². The third-order valence-corrected chi connectivity index (χ3v) is 7.17. The van der Waals surface area contributed by atoms with E-state index < -0.39 is 0 Å². The second-order valence-corrected chi connectivity index (χ2v) is 9.44. The summed E-state index contributed by atoms with van der Waals surface area (Å²) in [5.74, 6) is 0.802. The van der Waals surface area contributed by atoms with Gasteiger partial charge in [-0.05, 0) is 55.8 Å². The highest BCUT2D eigenvalue weighted by Crippen LogP contribution is 2.34. The van der Waals surface area contributed by atoms with Gasteiger partial charge in [-0.2, -0.15) is 0 Å². The summed E-state index contributed by atoms with van der Waals surface area (Å²) in [4.78, 5) is 30.7. The Morgan fingerprint density at radius 2 is 1.55 bits per heavy atom. The zero-order chi connectivity index (χ0) is 23.5. The van der Waals surface area contributed by atoms with Crippen LogP contribution < -0.4 is 4.90 Å². The number of ether oxygens (including phenoxy) is 1. The smallest absolute Gasteiger partial charge is 0.305 e. The van der Waals surface area contributed by atoms with Crippen LogP contribution in [0.4, 0.5) is 5.69 Å². The minimum Gasteiger partial charge on any atom is -0.464 e. The Morgan fingerprint density at radius 1 is 0.909 bits per heavy atom. The molecule has 1 saturated carbocycles. The highest BCUT2D eigenvalue weighted by molar-refractivity contribution is 5.93. The van der Waals surface area contributed by atoms with Gasteiger partial charge in [0.1, 0.15) is 6.61 Å². The van der Waals surface area contributed by atoms with Gasteiger partial charge in [0.05, 0.1) is 0 Å². The lowest BCUT2D eigenvalue weighted by Crippen LogP contribution is -2.47. The van der Waals surface area contributed by atoms with Crippen LogP contribution in [0.2, 0.25) is 0 Å². The highest BCUT2D eigenvalue weighted by Gasteiger charge is 2.19. The predicted octanol–water partition coefficient (Wildman–Crippen LogP) is 4.44. The molecule has 1 saturated heterocycles. The van der Waals surface area contributed by atoms with Crippen molar-refractivity contribution >= 4 is 17.6 Å². The van der Waals surface area contributed by atoms with Crippen molar-refractivity contribution in [1.29, 1.82) is 0 Å². The van der Waals surface area contributed by atoms with Gasteiger partial charge in [0.25, 0.3) is 0 Å². The molecule has 1 heterocycles. The molecule has 6 nitrogen and oxygen atoms in total. The molecule has 3 rings (SSSR count). The van der Waals surface area contributed by atoms with E-state index in [4.69, 9.17) is 4.74 Å². The lowest BCUT2D eigenvalue weighted by molar-refractivity contribution is -0.143. The van der Waals surface area contributed by atoms with Gasteiger partial charge in [-0.3, -0.25) is 14.5 Å². The Labute approximate surface area is 200 Å². The number of carbonyl (C=O) groups excluding carboxylic acids is 2. The monoisotopic (exact) mass is 457 g/mol. The Kier molecular flexibility index (Phi) is 10.7. The molecule has 0 N–H and O–H groups in total. The highest BCUT2D eigenvalue weighted by atomic mass is 16.5. The van der Waals surface area contributed by atoms with Crippen molar-refractivity contribution in [2.24, 2.45) is 0 Å². The summed E-state index contributed by atoms with van der Waals surface area (Å²) in [6.07, 6.45) is 8.40. The third-order valence-electron chi connectivity index (χ3n) is 7.17. The molecule has 0 unspecified atom stereocenters. The number of benzene rings is 1. The fraction of sp³-hybridized carbons (Fsp3) is 0.704. The molecule has 0 aromatic heterocycles. The van der Waals surface area contributed by atoms with E-state index in [1.54, 1.807) is 0 Å². The summed E-state index contributed by atoms with van der Waals surface area (Å²) in [5.41, 5.74) is 2.48. The minimum absolute atomic E-state index is 0.117. The molecule has 184 valence electrons. The van der Waals surface area contributed by atoms with E-state index in [9.17, 15) is 9.59 Å². The first-order valence-corrected chi connectivity index (χ1v) is 13.1. The van der Waals surface area contributed by atoms with E-state index in [2.05, 4.69) is 34.1 Å². The van der Waals surface area contributed by atoms with Crippen LogP contribution in [0.5, 0.6) is 0 Å². The molecular formula is C27H43N3O3. The summed E-state index contributed by atoms with van der Waals surface area (Å²) in [6, 6.07) is 8.78. The molecule has 2 fully saturated rings. The van der Waals surface area contributed by atoms with Crippen LogP contribution >= 0.6 is 0 Å². The van der Waals surface area contributed by atoms with Gasteiger partial charge in [-0.15, -0.1) is 0 Å². The van der Waals surface area contributed by atoms with E-state index in [-0.39, 0.29) is 11.9 Å². The first-order valence-electron chi connectivity index (χ1n) is 13.1. The number of nitrogens with zero attached hydrogens (tertiary/aromatic N) is 3. The number of anilines is 1. The Hall–Kier alpha value is -1.92. The van der Waals surface area contributed by atoms with Crippen LogP contribution in [0.15, 0.2) is 24.3 Å². The molecule has 1 aromatic rings. The second kappa shape index (κ2) is 13.7. The maximum absolute atomic E-state index is 12.6. The summed E-state index contributed by atoms with van der Waals surface area (Å²) in [7, 11) is 0. The molecule has 0 spiro atoms. The van der Waals surface area contributed by atoms with Crippen LogP contribution in [-0.2, 0) is 14.3 Å². The Morgan fingerprint density at radius 3 is 2.15 bits per heavy atom. The van der Waals surface area contributed by atoms with Crippen molar-refractivity contribution in [3.05, 3.63) is 29.8 Å². The number of hydrogen-bond donors (Lipinski definition) is 0. The van der Waals surface area contributed by atoms with Crippen molar-refractivity contribution in [3.8, 4) is 0 Å². The van der Waals surface area contributed by atoms with Crippen molar-refractivity contribution in [1.82, 2.24) is 9.80 Å². The van der Waals surface area contributed by atoms with Crippen LogP contribution in [0, 0.1) is 0 Å². The summed E-state index contributed by atoms with van der Waals surface area (Å²) >= 11 is 0. The van der Waals surface area contributed by atoms with Crippen molar-refractivity contribution < 1.29 is 14.3 Å². The van der Waals surface area contributed by atoms with Crippen LogP contribution in [0.3, 0.4) is 0 Å². The lowest BCUT2D eigenvalue weighted by atomic mass is 9.97. The zero-order valence-electron chi connectivity index (χ0n) is 20.8. The van der Waals surface area contributed by atoms with E-state index in [1.807, 2.05) is 18.7 Å². The largest absolute Gasteiger partial charge is 0.464 e. The van der Waals surface area contributed by atoms with Crippen LogP contribution in [0.25, 0.3) is 0 Å². The van der Waals surface area contributed by atoms with Crippen molar-refractivity contribution in [2.75, 3.05) is 57.3 Å². The molecule has 0 atom stereocenters. The average molecular weight is 458 g/mol. The normalized spacial score (nSPS) is 17.9. The number of piperazine rings is 1. The predicted molar refractivity (Wildman–Crippen MR) is 134 cm³/mol. The first-order chi connectivity index (χ1) is 16.1. The lowest BCUT2D eigenvalue weighted by Gasteiger charge is -2.34. The summed E-state index contributed by atoms with van der Waals surface area (Å²) < 4.78 is 5.19. The van der Waals surface area contributed by atoms with Gasteiger partial charge in [-0.25, -0.2) is 0 Å². The molecule has 1 aliphatic carbocycles. The van der Waals surface area contributed by atoms with Gasteiger partial charge in [0, 0.05) is 57.8 Å². The molecule has 1 aliphatic heterocycles. The molecular weight excluding hydrogens is 414 g/mol. The number of amides is 1. The molecule has 1 aromatic carbocycles. The summed E-state index contributed by atoms with van der Waals surface area (Å²) in [6.45, 7) is 11.1.